The minimum absolute atomic E-state index is 0.0894. The van der Waals surface area contributed by atoms with Crippen molar-refractivity contribution in [3.8, 4) is 0 Å². The van der Waals surface area contributed by atoms with Crippen molar-refractivity contribution >= 4 is 28.6 Å². The number of carbonyl (C=O) groups excluding carboxylic acids is 2. The number of anilines is 1. The van der Waals surface area contributed by atoms with E-state index in [-0.39, 0.29) is 11.8 Å². The van der Waals surface area contributed by atoms with Crippen molar-refractivity contribution in [3.63, 3.8) is 0 Å². The molecule has 2 amide bonds. The van der Waals surface area contributed by atoms with E-state index in [1.807, 2.05) is 19.9 Å². The summed E-state index contributed by atoms with van der Waals surface area (Å²) in [6, 6.07) is 4.75. The van der Waals surface area contributed by atoms with Gasteiger partial charge < -0.3 is 15.4 Å². The van der Waals surface area contributed by atoms with Gasteiger partial charge >= 0.3 is 6.09 Å². The van der Waals surface area contributed by atoms with E-state index in [1.54, 1.807) is 39.1 Å². The molecule has 0 aliphatic heterocycles. The zero-order chi connectivity index (χ0) is 17.9. The summed E-state index contributed by atoms with van der Waals surface area (Å²) in [7, 11) is 0. The number of carbonyl (C=O) groups is 2. The van der Waals surface area contributed by atoms with Crippen LogP contribution in [0, 0.1) is 5.92 Å². The highest BCUT2D eigenvalue weighted by atomic mass is 16.6. The molecular formula is C17H24N4O3. The van der Waals surface area contributed by atoms with Gasteiger partial charge in [-0.05, 0) is 44.9 Å². The number of H-pyrrole nitrogens is 1. The second-order valence-electron chi connectivity index (χ2n) is 7.03. The van der Waals surface area contributed by atoms with E-state index < -0.39 is 17.7 Å². The van der Waals surface area contributed by atoms with Crippen LogP contribution in [0.2, 0.25) is 0 Å². The van der Waals surface area contributed by atoms with E-state index in [2.05, 4.69) is 20.8 Å². The maximum Gasteiger partial charge on any atom is 0.408 e. The Labute approximate surface area is 141 Å². The molecule has 3 N–H and O–H groups in total. The molecule has 0 aliphatic rings. The van der Waals surface area contributed by atoms with Gasteiger partial charge in [-0.2, -0.15) is 5.10 Å². The van der Waals surface area contributed by atoms with E-state index >= 15 is 0 Å². The number of hydrogen-bond donors (Lipinski definition) is 3. The fraction of sp³-hybridized carbons (Fsp3) is 0.471. The molecule has 1 aromatic heterocycles. The molecule has 2 rings (SSSR count). The van der Waals surface area contributed by atoms with E-state index in [4.69, 9.17) is 4.74 Å². The third-order valence-corrected chi connectivity index (χ3v) is 3.33. The highest BCUT2D eigenvalue weighted by Crippen LogP contribution is 2.17. The number of benzene rings is 1. The normalized spacial score (nSPS) is 12.9. The zero-order valence-corrected chi connectivity index (χ0v) is 14.6. The average Bonchev–Trinajstić information content (AvgIpc) is 2.89. The highest BCUT2D eigenvalue weighted by Gasteiger charge is 2.27. The number of fused-ring (bicyclic) bond motifs is 1. The SMILES string of the molecule is CC(C)[C@H](NC(=O)OC(C)(C)C)C(=O)Nc1ccc2cn[nH]c2c1. The summed E-state index contributed by atoms with van der Waals surface area (Å²) in [5.74, 6) is -0.386. The van der Waals surface area contributed by atoms with Gasteiger partial charge in [0.2, 0.25) is 5.91 Å². The Morgan fingerprint density at radius 3 is 2.58 bits per heavy atom. The first-order valence-corrected chi connectivity index (χ1v) is 7.89. The molecule has 0 saturated carbocycles. The van der Waals surface area contributed by atoms with Crippen LogP contribution in [0.3, 0.4) is 0 Å². The Bertz CT molecular complexity index is 731. The van der Waals surface area contributed by atoms with E-state index in [0.29, 0.717) is 5.69 Å². The molecule has 2 aromatic rings. The quantitative estimate of drug-likeness (QED) is 0.802. The summed E-state index contributed by atoms with van der Waals surface area (Å²) in [6.45, 7) is 9.04. The van der Waals surface area contributed by atoms with Gasteiger partial charge in [-0.25, -0.2) is 4.79 Å². The average molecular weight is 332 g/mol. The smallest absolute Gasteiger partial charge is 0.408 e. The van der Waals surface area contributed by atoms with Crippen LogP contribution in [0.5, 0.6) is 0 Å². The van der Waals surface area contributed by atoms with E-state index in [1.165, 1.54) is 0 Å². The summed E-state index contributed by atoms with van der Waals surface area (Å²) in [4.78, 5) is 24.5. The Balaban J connectivity index is 2.06. The number of ether oxygens (including phenoxy) is 1. The Morgan fingerprint density at radius 1 is 1.25 bits per heavy atom. The lowest BCUT2D eigenvalue weighted by molar-refractivity contribution is -0.119. The second-order valence-corrected chi connectivity index (χ2v) is 7.03. The minimum Gasteiger partial charge on any atom is -0.444 e. The number of alkyl carbamates (subject to hydrolysis) is 1. The van der Waals surface area contributed by atoms with Gasteiger partial charge in [-0.15, -0.1) is 0 Å². The van der Waals surface area contributed by atoms with Crippen LogP contribution in [-0.4, -0.2) is 33.8 Å². The van der Waals surface area contributed by atoms with Crippen LogP contribution in [0.15, 0.2) is 24.4 Å². The molecular weight excluding hydrogens is 308 g/mol. The maximum absolute atomic E-state index is 12.5. The van der Waals surface area contributed by atoms with Crippen molar-refractivity contribution in [1.82, 2.24) is 15.5 Å². The van der Waals surface area contributed by atoms with Gasteiger partial charge in [0.25, 0.3) is 0 Å². The first-order valence-electron chi connectivity index (χ1n) is 7.89. The standard InChI is InChI=1S/C17H24N4O3/c1-10(2)14(20-16(23)24-17(3,4)5)15(22)19-12-7-6-11-9-18-21-13(11)8-12/h6-10,14H,1-5H3,(H,18,21)(H,19,22)(H,20,23)/t14-/m0/s1. The predicted octanol–water partition coefficient (Wildman–Crippen LogP) is 3.05. The molecule has 1 aromatic carbocycles. The van der Waals surface area contributed by atoms with E-state index in [9.17, 15) is 9.59 Å². The summed E-state index contributed by atoms with van der Waals surface area (Å²) in [6.07, 6.45) is 1.10. The van der Waals surface area contributed by atoms with Crippen molar-refractivity contribution in [3.05, 3.63) is 24.4 Å². The zero-order valence-electron chi connectivity index (χ0n) is 14.6. The van der Waals surface area contributed by atoms with E-state index in [0.717, 1.165) is 10.9 Å². The molecule has 7 nitrogen and oxygen atoms in total. The maximum atomic E-state index is 12.5. The molecule has 1 atom stereocenters. The third kappa shape index (κ3) is 4.71. The third-order valence-electron chi connectivity index (χ3n) is 3.33. The molecule has 130 valence electrons. The van der Waals surface area contributed by atoms with Gasteiger partial charge in [-0.1, -0.05) is 13.8 Å². The number of aromatic amines is 1. The van der Waals surface area contributed by atoms with Crippen LogP contribution >= 0.6 is 0 Å². The first-order chi connectivity index (χ1) is 11.2. The fourth-order valence-electron chi connectivity index (χ4n) is 2.20. The lowest BCUT2D eigenvalue weighted by Gasteiger charge is -2.25. The molecule has 0 saturated heterocycles. The molecule has 24 heavy (non-hydrogen) atoms. The van der Waals surface area contributed by atoms with Crippen molar-refractivity contribution in [2.75, 3.05) is 5.32 Å². The highest BCUT2D eigenvalue weighted by molar-refractivity contribution is 5.98. The molecule has 0 fully saturated rings. The van der Waals surface area contributed by atoms with Crippen LogP contribution < -0.4 is 10.6 Å². The Hall–Kier alpha value is -2.57. The van der Waals surface area contributed by atoms with Gasteiger partial charge in [0.05, 0.1) is 11.7 Å². The van der Waals surface area contributed by atoms with Crippen molar-refractivity contribution in [1.29, 1.82) is 0 Å². The largest absolute Gasteiger partial charge is 0.444 e. The number of rotatable bonds is 4. The molecule has 0 radical (unpaired) electrons. The summed E-state index contributed by atoms with van der Waals surface area (Å²) in [5, 5.41) is 13.2. The summed E-state index contributed by atoms with van der Waals surface area (Å²) in [5.41, 5.74) is 0.843. The molecule has 0 unspecified atom stereocenters. The molecule has 0 aliphatic carbocycles. The van der Waals surface area contributed by atoms with Crippen LogP contribution in [0.1, 0.15) is 34.6 Å². The topological polar surface area (TPSA) is 96.1 Å². The second kappa shape index (κ2) is 6.90. The predicted molar refractivity (Wildman–Crippen MR) is 92.7 cm³/mol. The molecule has 7 heteroatoms. The lowest BCUT2D eigenvalue weighted by atomic mass is 10.0. The minimum atomic E-state index is -0.697. The number of nitrogens with one attached hydrogen (secondary N) is 3. The number of hydrogen-bond acceptors (Lipinski definition) is 4. The van der Waals surface area contributed by atoms with Crippen LogP contribution in [0.25, 0.3) is 10.9 Å². The number of aromatic nitrogens is 2. The molecule has 1 heterocycles. The van der Waals surface area contributed by atoms with Crippen LogP contribution in [-0.2, 0) is 9.53 Å². The molecule has 0 spiro atoms. The molecule has 0 bridgehead atoms. The lowest BCUT2D eigenvalue weighted by Crippen LogP contribution is -2.48. The van der Waals surface area contributed by atoms with Gasteiger partial charge in [0, 0.05) is 11.1 Å². The Morgan fingerprint density at radius 2 is 1.96 bits per heavy atom. The van der Waals surface area contributed by atoms with Gasteiger partial charge in [0.1, 0.15) is 11.6 Å². The number of amides is 2. The van der Waals surface area contributed by atoms with Crippen molar-refractivity contribution < 1.29 is 14.3 Å². The Kier molecular flexibility index (Phi) is 5.11. The number of nitrogens with zero attached hydrogens (tertiary/aromatic N) is 1. The van der Waals surface area contributed by atoms with Crippen molar-refractivity contribution in [2.24, 2.45) is 5.92 Å². The van der Waals surface area contributed by atoms with Crippen molar-refractivity contribution in [2.45, 2.75) is 46.3 Å². The first kappa shape index (κ1) is 17.8. The van der Waals surface area contributed by atoms with Gasteiger partial charge in [-0.3, -0.25) is 9.89 Å². The monoisotopic (exact) mass is 332 g/mol. The van der Waals surface area contributed by atoms with Gasteiger partial charge in [0.15, 0.2) is 0 Å². The summed E-state index contributed by atoms with van der Waals surface area (Å²) < 4.78 is 5.22. The van der Waals surface area contributed by atoms with Crippen LogP contribution in [0.4, 0.5) is 10.5 Å². The summed E-state index contributed by atoms with van der Waals surface area (Å²) >= 11 is 0. The fourth-order valence-corrected chi connectivity index (χ4v) is 2.20.